The van der Waals surface area contributed by atoms with Crippen LogP contribution in [-0.2, 0) is 4.74 Å². The smallest absolute Gasteiger partial charge is 0.290 e. The summed E-state index contributed by atoms with van der Waals surface area (Å²) in [7, 11) is 3.19. The molecule has 0 unspecified atom stereocenters. The summed E-state index contributed by atoms with van der Waals surface area (Å²) in [4.78, 5) is 28.3. The SMILES string of the molecule is COCCCN1C(=O)c2oc3ccccc3c(=O)c2[C@@H]1c1cc(Br)ccc1OC. The molecular weight excluding hydrogens is 438 g/mol. The Balaban J connectivity index is 1.96. The lowest BCUT2D eigenvalue weighted by atomic mass is 9.97. The number of amides is 1. The van der Waals surface area contributed by atoms with Gasteiger partial charge in [0.1, 0.15) is 11.3 Å². The van der Waals surface area contributed by atoms with Gasteiger partial charge in [0.2, 0.25) is 5.76 Å². The molecule has 3 aromatic rings. The van der Waals surface area contributed by atoms with Gasteiger partial charge in [-0.25, -0.2) is 0 Å². The van der Waals surface area contributed by atoms with E-state index in [1.54, 1.807) is 43.4 Å². The fraction of sp³-hybridized carbons (Fsp3) is 0.273. The van der Waals surface area contributed by atoms with E-state index >= 15 is 0 Å². The lowest BCUT2D eigenvalue weighted by molar-refractivity contribution is 0.0706. The molecule has 2 aromatic carbocycles. The molecule has 0 saturated carbocycles. The van der Waals surface area contributed by atoms with Crippen LogP contribution in [0.4, 0.5) is 0 Å². The monoisotopic (exact) mass is 457 g/mol. The molecule has 1 aliphatic heterocycles. The Bertz CT molecular complexity index is 1140. The largest absolute Gasteiger partial charge is 0.496 e. The fourth-order valence-electron chi connectivity index (χ4n) is 3.82. The number of nitrogens with zero attached hydrogens (tertiary/aromatic N) is 1. The zero-order valence-corrected chi connectivity index (χ0v) is 17.7. The second-order valence-electron chi connectivity index (χ2n) is 6.80. The number of hydrogen-bond donors (Lipinski definition) is 0. The van der Waals surface area contributed by atoms with E-state index in [-0.39, 0.29) is 17.1 Å². The average molecular weight is 458 g/mol. The van der Waals surface area contributed by atoms with Crippen LogP contribution in [0.5, 0.6) is 5.75 Å². The van der Waals surface area contributed by atoms with Gasteiger partial charge in [0.15, 0.2) is 5.43 Å². The predicted octanol–water partition coefficient (Wildman–Crippen LogP) is 4.15. The Labute approximate surface area is 176 Å². The van der Waals surface area contributed by atoms with Crippen molar-refractivity contribution in [1.82, 2.24) is 4.90 Å². The first-order chi connectivity index (χ1) is 14.1. The van der Waals surface area contributed by atoms with E-state index in [0.29, 0.717) is 41.9 Å². The number of methoxy groups -OCH3 is 2. The molecule has 150 valence electrons. The van der Waals surface area contributed by atoms with Crippen molar-refractivity contribution in [2.45, 2.75) is 12.5 Å². The number of ether oxygens (including phenoxy) is 2. The first-order valence-corrected chi connectivity index (χ1v) is 10.0. The van der Waals surface area contributed by atoms with Crippen molar-refractivity contribution in [2.24, 2.45) is 0 Å². The molecule has 0 bridgehead atoms. The highest BCUT2D eigenvalue weighted by Crippen LogP contribution is 2.42. The second kappa shape index (κ2) is 8.00. The van der Waals surface area contributed by atoms with Crippen LogP contribution >= 0.6 is 15.9 Å². The summed E-state index contributed by atoms with van der Waals surface area (Å²) in [5.41, 5.74) is 1.29. The zero-order valence-electron chi connectivity index (χ0n) is 16.1. The minimum Gasteiger partial charge on any atom is -0.496 e. The Morgan fingerprint density at radius 3 is 2.69 bits per heavy atom. The molecule has 4 rings (SSSR count). The van der Waals surface area contributed by atoms with E-state index in [1.807, 2.05) is 18.2 Å². The van der Waals surface area contributed by atoms with Crippen molar-refractivity contribution in [2.75, 3.05) is 27.4 Å². The van der Waals surface area contributed by atoms with Crippen LogP contribution in [0.2, 0.25) is 0 Å². The molecule has 0 spiro atoms. The lowest BCUT2D eigenvalue weighted by Gasteiger charge is -2.26. The standard InChI is InChI=1S/C22H20BrNO5/c1-27-11-5-10-24-19(15-12-13(23)8-9-16(15)28-2)18-20(25)14-6-3-4-7-17(14)29-21(18)22(24)26/h3-4,6-9,12,19H,5,10-11H2,1-2H3/t19-/m0/s1. The molecule has 1 aromatic heterocycles. The minimum atomic E-state index is -0.595. The van der Waals surface area contributed by atoms with Gasteiger partial charge >= 0.3 is 0 Å². The van der Waals surface area contributed by atoms with Crippen molar-refractivity contribution < 1.29 is 18.7 Å². The number of para-hydroxylation sites is 1. The maximum Gasteiger partial charge on any atom is 0.290 e. The van der Waals surface area contributed by atoms with E-state index in [9.17, 15) is 9.59 Å². The maximum absolute atomic E-state index is 13.4. The van der Waals surface area contributed by atoms with Gasteiger partial charge in [-0.05, 0) is 36.8 Å². The summed E-state index contributed by atoms with van der Waals surface area (Å²) in [5.74, 6) is 0.396. The maximum atomic E-state index is 13.4. The van der Waals surface area contributed by atoms with Gasteiger partial charge in [0.25, 0.3) is 5.91 Å². The minimum absolute atomic E-state index is 0.0955. The van der Waals surface area contributed by atoms with E-state index in [4.69, 9.17) is 13.9 Å². The van der Waals surface area contributed by atoms with Crippen LogP contribution in [0.25, 0.3) is 11.0 Å². The van der Waals surface area contributed by atoms with Crippen molar-refractivity contribution in [3.8, 4) is 5.75 Å². The van der Waals surface area contributed by atoms with Gasteiger partial charge < -0.3 is 18.8 Å². The summed E-state index contributed by atoms with van der Waals surface area (Å²) < 4.78 is 17.4. The van der Waals surface area contributed by atoms with Gasteiger partial charge in [-0.1, -0.05) is 28.1 Å². The Morgan fingerprint density at radius 1 is 1.14 bits per heavy atom. The zero-order chi connectivity index (χ0) is 20.5. The second-order valence-corrected chi connectivity index (χ2v) is 7.72. The van der Waals surface area contributed by atoms with Crippen molar-refractivity contribution in [3.63, 3.8) is 0 Å². The Kier molecular flexibility index (Phi) is 5.43. The molecule has 0 saturated heterocycles. The molecule has 29 heavy (non-hydrogen) atoms. The molecule has 0 aliphatic carbocycles. The number of rotatable bonds is 6. The van der Waals surface area contributed by atoms with E-state index in [0.717, 1.165) is 10.0 Å². The number of hydrogen-bond acceptors (Lipinski definition) is 5. The number of fused-ring (bicyclic) bond motifs is 2. The molecule has 1 aliphatic rings. The third-order valence-corrected chi connectivity index (χ3v) is 5.60. The van der Waals surface area contributed by atoms with Gasteiger partial charge in [0.05, 0.1) is 24.1 Å². The molecule has 1 atom stereocenters. The van der Waals surface area contributed by atoms with Crippen LogP contribution in [0.1, 0.15) is 34.1 Å². The third kappa shape index (κ3) is 3.34. The number of halogens is 1. The molecular formula is C22H20BrNO5. The van der Waals surface area contributed by atoms with Crippen molar-refractivity contribution in [3.05, 3.63) is 74.0 Å². The number of benzene rings is 2. The summed E-state index contributed by atoms with van der Waals surface area (Å²) in [6, 6.07) is 11.9. The molecule has 0 radical (unpaired) electrons. The first-order valence-electron chi connectivity index (χ1n) is 9.26. The van der Waals surface area contributed by atoms with Crippen molar-refractivity contribution in [1.29, 1.82) is 0 Å². The summed E-state index contributed by atoms with van der Waals surface area (Å²) in [6.45, 7) is 0.929. The number of carbonyl (C=O) groups excluding carboxylic acids is 1. The summed E-state index contributed by atoms with van der Waals surface area (Å²) >= 11 is 3.49. The quantitative estimate of drug-likeness (QED) is 0.520. The van der Waals surface area contributed by atoms with Crippen LogP contribution < -0.4 is 10.2 Å². The van der Waals surface area contributed by atoms with Gasteiger partial charge in [0, 0.05) is 30.3 Å². The Morgan fingerprint density at radius 2 is 1.93 bits per heavy atom. The van der Waals surface area contributed by atoms with E-state index < -0.39 is 6.04 Å². The fourth-order valence-corrected chi connectivity index (χ4v) is 4.20. The van der Waals surface area contributed by atoms with E-state index in [1.165, 1.54) is 0 Å². The number of carbonyl (C=O) groups is 1. The van der Waals surface area contributed by atoms with Crippen LogP contribution in [0.3, 0.4) is 0 Å². The molecule has 2 heterocycles. The summed E-state index contributed by atoms with van der Waals surface area (Å²) in [6.07, 6.45) is 0.636. The molecule has 1 amide bonds. The predicted molar refractivity (Wildman–Crippen MR) is 113 cm³/mol. The van der Waals surface area contributed by atoms with Gasteiger partial charge in [-0.2, -0.15) is 0 Å². The highest BCUT2D eigenvalue weighted by molar-refractivity contribution is 9.10. The summed E-state index contributed by atoms with van der Waals surface area (Å²) in [5, 5.41) is 0.455. The van der Waals surface area contributed by atoms with E-state index in [2.05, 4.69) is 15.9 Å². The highest BCUT2D eigenvalue weighted by Gasteiger charge is 2.43. The normalized spacial score (nSPS) is 15.8. The lowest BCUT2D eigenvalue weighted by Crippen LogP contribution is -2.31. The molecule has 0 fully saturated rings. The molecule has 6 nitrogen and oxygen atoms in total. The topological polar surface area (TPSA) is 69.0 Å². The average Bonchev–Trinajstić information content (AvgIpc) is 3.00. The molecule has 0 N–H and O–H groups in total. The van der Waals surface area contributed by atoms with Gasteiger partial charge in [-0.3, -0.25) is 9.59 Å². The van der Waals surface area contributed by atoms with Gasteiger partial charge in [-0.15, -0.1) is 0 Å². The highest BCUT2D eigenvalue weighted by atomic mass is 79.9. The van der Waals surface area contributed by atoms with Crippen LogP contribution in [0.15, 0.2) is 56.1 Å². The Hall–Kier alpha value is -2.64. The third-order valence-electron chi connectivity index (χ3n) is 5.11. The van der Waals surface area contributed by atoms with Crippen LogP contribution in [0, 0.1) is 0 Å². The van der Waals surface area contributed by atoms with Crippen molar-refractivity contribution >= 4 is 32.8 Å². The molecule has 7 heteroatoms. The van der Waals surface area contributed by atoms with Crippen LogP contribution in [-0.4, -0.2) is 38.2 Å². The first kappa shape index (κ1) is 19.7.